The van der Waals surface area contributed by atoms with E-state index in [1.807, 2.05) is 13.0 Å². The Morgan fingerprint density at radius 2 is 2.18 bits per heavy atom. The maximum Gasteiger partial charge on any atom is 0.218 e. The number of ether oxygens (including phenoxy) is 1. The van der Waals surface area contributed by atoms with E-state index >= 15 is 0 Å². The van der Waals surface area contributed by atoms with E-state index in [1.165, 1.54) is 6.33 Å². The maximum absolute atomic E-state index is 5.31. The average Bonchev–Trinajstić information content (AvgIpc) is 2.29. The Balaban J connectivity index is 2.38. The summed E-state index contributed by atoms with van der Waals surface area (Å²) in [5, 5.41) is 3.26. The van der Waals surface area contributed by atoms with Crippen LogP contribution in [0.3, 0.4) is 0 Å². The zero-order chi connectivity index (χ0) is 12.7. The van der Waals surface area contributed by atoms with Crippen molar-refractivity contribution in [2.24, 2.45) is 0 Å². The van der Waals surface area contributed by atoms with Crippen LogP contribution in [0.4, 0.5) is 5.82 Å². The Morgan fingerprint density at radius 1 is 1.41 bits per heavy atom. The van der Waals surface area contributed by atoms with Gasteiger partial charge in [-0.25, -0.2) is 9.97 Å². The predicted octanol–water partition coefficient (Wildman–Crippen LogP) is 1.63. The van der Waals surface area contributed by atoms with Crippen molar-refractivity contribution in [1.29, 1.82) is 0 Å². The normalized spacial score (nSPS) is 10.9. The highest BCUT2D eigenvalue weighted by molar-refractivity contribution is 5.36. The Labute approximate surface area is 103 Å². The summed E-state index contributed by atoms with van der Waals surface area (Å²) in [4.78, 5) is 10.4. The van der Waals surface area contributed by atoms with Gasteiger partial charge in [-0.2, -0.15) is 0 Å². The van der Waals surface area contributed by atoms with E-state index in [9.17, 15) is 0 Å². The van der Waals surface area contributed by atoms with Gasteiger partial charge in [0.15, 0.2) is 0 Å². The summed E-state index contributed by atoms with van der Waals surface area (Å²) >= 11 is 0. The highest BCUT2D eigenvalue weighted by Gasteiger charge is 2.03. The number of nitrogens with one attached hydrogen (secondary N) is 1. The molecule has 0 saturated heterocycles. The van der Waals surface area contributed by atoms with Crippen LogP contribution >= 0.6 is 0 Å². The van der Waals surface area contributed by atoms with Crippen LogP contribution in [0.1, 0.15) is 20.8 Å². The molecule has 0 amide bonds. The van der Waals surface area contributed by atoms with E-state index in [2.05, 4.69) is 41.1 Å². The summed E-state index contributed by atoms with van der Waals surface area (Å²) < 4.78 is 5.31. The molecule has 0 radical (unpaired) electrons. The first-order valence-corrected chi connectivity index (χ1v) is 6.02. The molecule has 0 bridgehead atoms. The lowest BCUT2D eigenvalue weighted by atomic mass is 10.3. The van der Waals surface area contributed by atoms with Crippen molar-refractivity contribution in [3.05, 3.63) is 12.4 Å². The number of likely N-dealkylation sites (N-methyl/N-ethyl adjacent to an activating group) is 1. The zero-order valence-corrected chi connectivity index (χ0v) is 11.1. The molecule has 1 heterocycles. The summed E-state index contributed by atoms with van der Waals surface area (Å²) in [5.41, 5.74) is 0. The molecule has 1 aromatic heterocycles. The minimum Gasteiger partial charge on any atom is -0.478 e. The minimum atomic E-state index is 0.557. The molecule has 1 N–H and O–H groups in total. The first-order chi connectivity index (χ1) is 8.13. The Kier molecular flexibility index (Phi) is 5.69. The maximum atomic E-state index is 5.31. The van der Waals surface area contributed by atoms with E-state index in [0.717, 1.165) is 18.9 Å². The number of hydrogen-bond donors (Lipinski definition) is 1. The van der Waals surface area contributed by atoms with Gasteiger partial charge in [-0.05, 0) is 27.8 Å². The second kappa shape index (κ2) is 7.06. The monoisotopic (exact) mass is 238 g/mol. The molecule has 0 atom stereocenters. The third-order valence-corrected chi connectivity index (χ3v) is 2.59. The number of hydrogen-bond acceptors (Lipinski definition) is 5. The van der Waals surface area contributed by atoms with Gasteiger partial charge in [0.1, 0.15) is 12.1 Å². The van der Waals surface area contributed by atoms with Gasteiger partial charge >= 0.3 is 0 Å². The molecule has 5 nitrogen and oxygen atoms in total. The summed E-state index contributed by atoms with van der Waals surface area (Å²) in [6.45, 7) is 8.75. The lowest BCUT2D eigenvalue weighted by molar-refractivity contribution is 0.284. The summed E-state index contributed by atoms with van der Waals surface area (Å²) in [5.74, 6) is 1.42. The Morgan fingerprint density at radius 3 is 2.82 bits per heavy atom. The topological polar surface area (TPSA) is 50.3 Å². The van der Waals surface area contributed by atoms with Gasteiger partial charge in [-0.3, -0.25) is 0 Å². The van der Waals surface area contributed by atoms with Crippen molar-refractivity contribution in [2.45, 2.75) is 26.8 Å². The first kappa shape index (κ1) is 13.7. The molecule has 1 rings (SSSR count). The first-order valence-electron chi connectivity index (χ1n) is 6.02. The molecule has 96 valence electrons. The molecule has 5 heteroatoms. The largest absolute Gasteiger partial charge is 0.478 e. The van der Waals surface area contributed by atoms with Gasteiger partial charge < -0.3 is 15.0 Å². The van der Waals surface area contributed by atoms with Gasteiger partial charge in [0.2, 0.25) is 5.88 Å². The molecular weight excluding hydrogens is 216 g/mol. The lowest BCUT2D eigenvalue weighted by Gasteiger charge is -2.21. The zero-order valence-electron chi connectivity index (χ0n) is 11.1. The minimum absolute atomic E-state index is 0.557. The van der Waals surface area contributed by atoms with Crippen molar-refractivity contribution in [3.63, 3.8) is 0 Å². The standard InChI is InChI=1S/C12H22N4O/c1-5-17-12-8-11(14-9-15-12)13-6-7-16(4)10(2)3/h8-10H,5-7H2,1-4H3,(H,13,14,15). The highest BCUT2D eigenvalue weighted by atomic mass is 16.5. The number of rotatable bonds is 7. The van der Waals surface area contributed by atoms with Crippen LogP contribution in [0.25, 0.3) is 0 Å². The van der Waals surface area contributed by atoms with E-state index < -0.39 is 0 Å². The quantitative estimate of drug-likeness (QED) is 0.782. The second-order valence-corrected chi connectivity index (χ2v) is 4.18. The van der Waals surface area contributed by atoms with E-state index in [1.54, 1.807) is 0 Å². The van der Waals surface area contributed by atoms with Crippen molar-refractivity contribution in [1.82, 2.24) is 14.9 Å². The Hall–Kier alpha value is -1.36. The van der Waals surface area contributed by atoms with Crippen molar-refractivity contribution in [2.75, 3.05) is 32.1 Å². The summed E-state index contributed by atoms with van der Waals surface area (Å²) in [6, 6.07) is 2.37. The molecule has 0 aromatic carbocycles. The van der Waals surface area contributed by atoms with Crippen molar-refractivity contribution < 1.29 is 4.74 Å². The van der Waals surface area contributed by atoms with Crippen LogP contribution in [-0.4, -0.2) is 47.7 Å². The molecule has 1 aromatic rings. The Bertz CT molecular complexity index is 330. The molecule has 0 fully saturated rings. The van der Waals surface area contributed by atoms with Crippen LogP contribution in [0.5, 0.6) is 5.88 Å². The highest BCUT2D eigenvalue weighted by Crippen LogP contribution is 2.10. The van der Waals surface area contributed by atoms with Crippen LogP contribution in [0, 0.1) is 0 Å². The van der Waals surface area contributed by atoms with Gasteiger partial charge in [-0.1, -0.05) is 0 Å². The summed E-state index contributed by atoms with van der Waals surface area (Å²) in [6.07, 6.45) is 1.51. The SMILES string of the molecule is CCOc1cc(NCCN(C)C(C)C)ncn1. The molecular formula is C12H22N4O. The third kappa shape index (κ3) is 4.99. The van der Waals surface area contributed by atoms with Gasteiger partial charge in [0.25, 0.3) is 0 Å². The van der Waals surface area contributed by atoms with E-state index in [0.29, 0.717) is 18.5 Å². The van der Waals surface area contributed by atoms with Crippen LogP contribution in [0.2, 0.25) is 0 Å². The molecule has 17 heavy (non-hydrogen) atoms. The summed E-state index contributed by atoms with van der Waals surface area (Å²) in [7, 11) is 2.11. The van der Waals surface area contributed by atoms with Crippen LogP contribution < -0.4 is 10.1 Å². The average molecular weight is 238 g/mol. The van der Waals surface area contributed by atoms with E-state index in [4.69, 9.17) is 4.74 Å². The molecule has 0 aliphatic rings. The van der Waals surface area contributed by atoms with Gasteiger partial charge in [-0.15, -0.1) is 0 Å². The molecule has 0 aliphatic heterocycles. The number of aromatic nitrogens is 2. The van der Waals surface area contributed by atoms with Crippen molar-refractivity contribution >= 4 is 5.82 Å². The fourth-order valence-corrected chi connectivity index (χ4v) is 1.28. The van der Waals surface area contributed by atoms with Gasteiger partial charge in [0, 0.05) is 25.2 Å². The van der Waals surface area contributed by atoms with Gasteiger partial charge in [0.05, 0.1) is 6.61 Å². The lowest BCUT2D eigenvalue weighted by Crippen LogP contribution is -2.31. The van der Waals surface area contributed by atoms with Crippen LogP contribution in [-0.2, 0) is 0 Å². The third-order valence-electron chi connectivity index (χ3n) is 2.59. The fourth-order valence-electron chi connectivity index (χ4n) is 1.28. The molecule has 0 aliphatic carbocycles. The fraction of sp³-hybridized carbons (Fsp3) is 0.667. The van der Waals surface area contributed by atoms with E-state index in [-0.39, 0.29) is 0 Å². The van der Waals surface area contributed by atoms with Crippen LogP contribution in [0.15, 0.2) is 12.4 Å². The second-order valence-electron chi connectivity index (χ2n) is 4.18. The predicted molar refractivity (Wildman–Crippen MR) is 69.5 cm³/mol. The number of anilines is 1. The molecule has 0 spiro atoms. The number of nitrogens with zero attached hydrogens (tertiary/aromatic N) is 3. The smallest absolute Gasteiger partial charge is 0.218 e. The molecule has 0 saturated carbocycles. The molecule has 0 unspecified atom stereocenters. The van der Waals surface area contributed by atoms with Crippen molar-refractivity contribution in [3.8, 4) is 5.88 Å².